The zero-order chi connectivity index (χ0) is 19.9. The molecule has 0 aliphatic heterocycles. The van der Waals surface area contributed by atoms with Crippen LogP contribution in [-0.4, -0.2) is 37.2 Å². The molecule has 0 aliphatic carbocycles. The molecule has 2 aromatic rings. The Labute approximate surface area is 163 Å². The van der Waals surface area contributed by atoms with E-state index in [1.807, 2.05) is 35.2 Å². The van der Waals surface area contributed by atoms with Crippen LogP contribution in [0.15, 0.2) is 54.6 Å². The van der Waals surface area contributed by atoms with Crippen LogP contribution in [0.3, 0.4) is 0 Å². The van der Waals surface area contributed by atoms with Gasteiger partial charge in [0, 0.05) is 25.2 Å². The summed E-state index contributed by atoms with van der Waals surface area (Å²) < 4.78 is 38.8. The van der Waals surface area contributed by atoms with E-state index < -0.39 is 11.7 Å². The zero-order valence-electron chi connectivity index (χ0n) is 15.5. The molecule has 3 nitrogen and oxygen atoms in total. The van der Waals surface area contributed by atoms with Gasteiger partial charge in [0.15, 0.2) is 5.11 Å². The van der Waals surface area contributed by atoms with Gasteiger partial charge in [-0.25, -0.2) is 0 Å². The molecular weight excluding hydrogens is 371 g/mol. The molecule has 0 saturated heterocycles. The minimum absolute atomic E-state index is 0.339. The van der Waals surface area contributed by atoms with Crippen LogP contribution < -0.4 is 10.2 Å². The second-order valence-corrected chi connectivity index (χ2v) is 7.11. The molecule has 0 spiro atoms. The van der Waals surface area contributed by atoms with Gasteiger partial charge in [-0.2, -0.15) is 13.2 Å². The van der Waals surface area contributed by atoms with Gasteiger partial charge in [-0.3, -0.25) is 0 Å². The van der Waals surface area contributed by atoms with Crippen molar-refractivity contribution in [3.8, 4) is 0 Å². The number of nitrogens with zero attached hydrogens (tertiary/aromatic N) is 1. The number of anilines is 1. The van der Waals surface area contributed by atoms with E-state index in [4.69, 9.17) is 12.2 Å². The normalized spacial score (nSPS) is 11.5. The Hall–Kier alpha value is -2.12. The number of hydrogen-bond acceptors (Lipinski definition) is 1. The largest absolute Gasteiger partial charge is 0.416 e. The van der Waals surface area contributed by atoms with Gasteiger partial charge in [-0.1, -0.05) is 36.4 Å². The number of quaternary nitrogens is 1. The fraction of sp³-hybridized carbons (Fsp3) is 0.350. The van der Waals surface area contributed by atoms with E-state index in [2.05, 4.69) is 19.4 Å². The maximum Gasteiger partial charge on any atom is 0.416 e. The summed E-state index contributed by atoms with van der Waals surface area (Å²) in [7, 11) is 4.17. The third kappa shape index (κ3) is 7.19. The van der Waals surface area contributed by atoms with E-state index in [9.17, 15) is 13.2 Å². The topological polar surface area (TPSA) is 19.7 Å². The number of hydrogen-bond donors (Lipinski definition) is 2. The van der Waals surface area contributed by atoms with Gasteiger partial charge in [-0.15, -0.1) is 0 Å². The Bertz CT molecular complexity index is 733. The Balaban J connectivity index is 2.10. The van der Waals surface area contributed by atoms with Crippen LogP contribution in [0.1, 0.15) is 17.5 Å². The number of alkyl halides is 3. The molecule has 0 aromatic heterocycles. The number of benzene rings is 2. The van der Waals surface area contributed by atoms with Gasteiger partial charge in [0.05, 0.1) is 26.2 Å². The third-order valence-corrected chi connectivity index (χ3v) is 4.41. The van der Waals surface area contributed by atoms with E-state index in [-0.39, 0.29) is 0 Å². The number of nitrogens with one attached hydrogen (secondary N) is 2. The summed E-state index contributed by atoms with van der Waals surface area (Å²) in [5.74, 6) is 0. The van der Waals surface area contributed by atoms with Crippen LogP contribution in [0.5, 0.6) is 0 Å². The zero-order valence-corrected chi connectivity index (χ0v) is 16.3. The van der Waals surface area contributed by atoms with Crippen molar-refractivity contribution in [2.24, 2.45) is 0 Å². The minimum atomic E-state index is -4.38. The van der Waals surface area contributed by atoms with Crippen LogP contribution in [0.25, 0.3) is 0 Å². The average Bonchev–Trinajstić information content (AvgIpc) is 2.61. The molecule has 0 bridgehead atoms. The van der Waals surface area contributed by atoms with E-state index >= 15 is 0 Å². The van der Waals surface area contributed by atoms with Gasteiger partial charge in [-0.05, 0) is 36.0 Å². The van der Waals surface area contributed by atoms with Crippen molar-refractivity contribution in [1.82, 2.24) is 4.90 Å². The second kappa shape index (κ2) is 9.71. The highest BCUT2D eigenvalue weighted by molar-refractivity contribution is 7.80. The van der Waals surface area contributed by atoms with E-state index in [1.54, 1.807) is 6.07 Å². The van der Waals surface area contributed by atoms with Gasteiger partial charge >= 0.3 is 6.18 Å². The Morgan fingerprint density at radius 3 is 2.41 bits per heavy atom. The highest BCUT2D eigenvalue weighted by Gasteiger charge is 2.30. The van der Waals surface area contributed by atoms with E-state index in [0.717, 1.165) is 37.2 Å². The SMILES string of the molecule is C[NH+](C)CCCN(Cc1ccccc1)C(=S)Nc1cccc(C(F)(F)F)c1. The average molecular weight is 397 g/mol. The lowest BCUT2D eigenvalue weighted by Crippen LogP contribution is -3.05. The van der Waals surface area contributed by atoms with E-state index in [0.29, 0.717) is 17.3 Å². The fourth-order valence-corrected chi connectivity index (χ4v) is 2.93. The Morgan fingerprint density at radius 1 is 1.07 bits per heavy atom. The highest BCUT2D eigenvalue weighted by Crippen LogP contribution is 2.30. The van der Waals surface area contributed by atoms with Gasteiger partial charge < -0.3 is 15.1 Å². The molecule has 2 aromatic carbocycles. The van der Waals surface area contributed by atoms with Crippen LogP contribution >= 0.6 is 12.2 Å². The quantitative estimate of drug-likeness (QED) is 0.700. The van der Waals surface area contributed by atoms with Crippen LogP contribution in [0.4, 0.5) is 18.9 Å². The van der Waals surface area contributed by atoms with Crippen molar-refractivity contribution >= 4 is 23.0 Å². The summed E-state index contributed by atoms with van der Waals surface area (Å²) in [6.07, 6.45) is -3.45. The molecule has 0 amide bonds. The Kier molecular flexibility index (Phi) is 7.62. The van der Waals surface area contributed by atoms with Crippen LogP contribution in [-0.2, 0) is 12.7 Å². The fourth-order valence-electron chi connectivity index (χ4n) is 2.66. The van der Waals surface area contributed by atoms with Gasteiger partial charge in [0.25, 0.3) is 0 Å². The maximum absolute atomic E-state index is 12.9. The smallest absolute Gasteiger partial charge is 0.344 e. The van der Waals surface area contributed by atoms with Crippen LogP contribution in [0, 0.1) is 0 Å². The summed E-state index contributed by atoms with van der Waals surface area (Å²) in [6.45, 7) is 2.32. The molecule has 0 radical (unpaired) electrons. The maximum atomic E-state index is 12.9. The molecule has 0 heterocycles. The molecule has 7 heteroatoms. The molecule has 0 atom stereocenters. The second-order valence-electron chi connectivity index (χ2n) is 6.73. The lowest BCUT2D eigenvalue weighted by atomic mass is 10.2. The summed E-state index contributed by atoms with van der Waals surface area (Å²) >= 11 is 5.50. The number of halogens is 3. The molecule has 2 N–H and O–H groups in total. The summed E-state index contributed by atoms with van der Waals surface area (Å²) in [5, 5.41) is 3.39. The van der Waals surface area contributed by atoms with Crippen molar-refractivity contribution < 1.29 is 18.1 Å². The molecule has 0 aliphatic rings. The van der Waals surface area contributed by atoms with Crippen molar-refractivity contribution in [3.05, 3.63) is 65.7 Å². The number of thiocarbonyl (C=S) groups is 1. The summed E-state index contributed by atoms with van der Waals surface area (Å²) in [6, 6.07) is 15.0. The summed E-state index contributed by atoms with van der Waals surface area (Å²) in [5.41, 5.74) is 0.745. The molecule has 0 saturated carbocycles. The first-order valence-electron chi connectivity index (χ1n) is 8.82. The predicted octanol–water partition coefficient (Wildman–Crippen LogP) is 3.44. The van der Waals surface area contributed by atoms with E-state index in [1.165, 1.54) is 11.0 Å². The first-order valence-corrected chi connectivity index (χ1v) is 9.22. The minimum Gasteiger partial charge on any atom is -0.344 e. The highest BCUT2D eigenvalue weighted by atomic mass is 32.1. The molecule has 146 valence electrons. The first-order chi connectivity index (χ1) is 12.8. The van der Waals surface area contributed by atoms with Crippen molar-refractivity contribution in [2.45, 2.75) is 19.1 Å². The third-order valence-electron chi connectivity index (χ3n) is 4.05. The van der Waals surface area contributed by atoms with Gasteiger partial charge in [0.1, 0.15) is 0 Å². The standard InChI is InChI=1S/C20H24F3N3S/c1-25(2)12-7-13-26(15-16-8-4-3-5-9-16)19(27)24-18-11-6-10-17(14-18)20(21,22)23/h3-6,8-11,14H,7,12-13,15H2,1-2H3,(H,24,27)/p+1. The lowest BCUT2D eigenvalue weighted by molar-refractivity contribution is -0.858. The molecule has 27 heavy (non-hydrogen) atoms. The predicted molar refractivity (Wildman–Crippen MR) is 107 cm³/mol. The van der Waals surface area contributed by atoms with Gasteiger partial charge in [0.2, 0.25) is 0 Å². The number of rotatable bonds is 7. The van der Waals surface area contributed by atoms with Crippen molar-refractivity contribution in [1.29, 1.82) is 0 Å². The van der Waals surface area contributed by atoms with Crippen molar-refractivity contribution in [3.63, 3.8) is 0 Å². The molecule has 2 rings (SSSR count). The molecular formula is C20H25F3N3S+. The summed E-state index contributed by atoms with van der Waals surface area (Å²) in [4.78, 5) is 3.33. The monoisotopic (exact) mass is 396 g/mol. The lowest BCUT2D eigenvalue weighted by Gasteiger charge is -2.26. The first kappa shape index (κ1) is 21.2. The molecule has 0 fully saturated rings. The van der Waals surface area contributed by atoms with Crippen molar-refractivity contribution in [2.75, 3.05) is 32.5 Å². The van der Waals surface area contributed by atoms with Crippen LogP contribution in [0.2, 0.25) is 0 Å². The molecule has 0 unspecified atom stereocenters. The Morgan fingerprint density at radius 2 is 1.78 bits per heavy atom.